The van der Waals surface area contributed by atoms with Gasteiger partial charge in [0.25, 0.3) is 0 Å². The molecule has 4 unspecified atom stereocenters. The summed E-state index contributed by atoms with van der Waals surface area (Å²) in [6.07, 6.45) is 10.6. The lowest BCUT2D eigenvalue weighted by Crippen LogP contribution is -2.54. The first-order chi connectivity index (χ1) is 15.0. The molecule has 0 saturated heterocycles. The minimum atomic E-state index is -0.275. The van der Waals surface area contributed by atoms with Crippen LogP contribution < -0.4 is 0 Å². The van der Waals surface area contributed by atoms with E-state index in [1.54, 1.807) is 0 Å². The summed E-state index contributed by atoms with van der Waals surface area (Å²) in [7, 11) is 0. The third-order valence-electron chi connectivity index (χ3n) is 11.2. The van der Waals surface area contributed by atoms with Gasteiger partial charge in [0.15, 0.2) is 5.78 Å². The minimum absolute atomic E-state index is 0.0912. The Labute approximate surface area is 196 Å². The number of hydrogen-bond acceptors (Lipinski definition) is 3. The summed E-state index contributed by atoms with van der Waals surface area (Å²) in [5.74, 6) is 3.36. The van der Waals surface area contributed by atoms with Crippen LogP contribution in [0, 0.1) is 52.3 Å². The molecule has 4 aliphatic rings. The monoisotopic (exact) mass is 444 g/mol. The van der Waals surface area contributed by atoms with Crippen molar-refractivity contribution < 1.29 is 15.0 Å². The molecule has 32 heavy (non-hydrogen) atoms. The van der Waals surface area contributed by atoms with E-state index in [0.29, 0.717) is 47.7 Å². The molecule has 3 heteroatoms. The molecule has 0 spiro atoms. The Morgan fingerprint density at radius 3 is 2.44 bits per heavy atom. The van der Waals surface area contributed by atoms with E-state index in [1.165, 1.54) is 12.0 Å². The third kappa shape index (κ3) is 3.84. The van der Waals surface area contributed by atoms with Crippen molar-refractivity contribution >= 4 is 5.78 Å². The zero-order chi connectivity index (χ0) is 23.4. The summed E-state index contributed by atoms with van der Waals surface area (Å²) in [6.45, 7) is 13.9. The number of fused-ring (bicyclic) bond motifs is 5. The first kappa shape index (κ1) is 24.5. The molecule has 0 aliphatic heterocycles. The summed E-state index contributed by atoms with van der Waals surface area (Å²) in [4.78, 5) is 13.5. The van der Waals surface area contributed by atoms with E-state index in [2.05, 4.69) is 41.5 Å². The van der Waals surface area contributed by atoms with E-state index in [1.807, 2.05) is 6.08 Å². The summed E-state index contributed by atoms with van der Waals surface area (Å²) in [5, 5.41) is 21.5. The Balaban J connectivity index is 1.55. The average Bonchev–Trinajstić information content (AvgIpc) is 3.09. The van der Waals surface area contributed by atoms with Gasteiger partial charge in [0.05, 0.1) is 12.2 Å². The summed E-state index contributed by atoms with van der Waals surface area (Å²) < 4.78 is 0. The second-order valence-corrected chi connectivity index (χ2v) is 12.9. The smallest absolute Gasteiger partial charge is 0.159 e. The van der Waals surface area contributed by atoms with Crippen molar-refractivity contribution in [1.82, 2.24) is 0 Å². The number of carbonyl (C=O) groups is 1. The Bertz CT molecular complexity index is 741. The molecule has 10 atom stereocenters. The molecule has 0 aromatic carbocycles. The van der Waals surface area contributed by atoms with Crippen LogP contribution in [0.4, 0.5) is 0 Å². The highest BCUT2D eigenvalue weighted by molar-refractivity contribution is 5.94. The first-order valence-electron chi connectivity index (χ1n) is 13.6. The quantitative estimate of drug-likeness (QED) is 0.515. The van der Waals surface area contributed by atoms with Gasteiger partial charge in [0.1, 0.15) is 0 Å². The van der Waals surface area contributed by atoms with Gasteiger partial charge in [0.2, 0.25) is 0 Å². The topological polar surface area (TPSA) is 57.5 Å². The molecule has 0 aromatic rings. The number of allylic oxidation sites excluding steroid dienone is 1. The van der Waals surface area contributed by atoms with Crippen LogP contribution in [0.2, 0.25) is 0 Å². The number of ketones is 1. The van der Waals surface area contributed by atoms with Crippen LogP contribution in [0.25, 0.3) is 0 Å². The van der Waals surface area contributed by atoms with E-state index in [0.717, 1.165) is 44.9 Å². The van der Waals surface area contributed by atoms with Crippen LogP contribution in [0.5, 0.6) is 0 Å². The molecule has 0 heterocycles. The molecule has 0 bridgehead atoms. The predicted molar refractivity (Wildman–Crippen MR) is 130 cm³/mol. The van der Waals surface area contributed by atoms with Crippen LogP contribution in [0.3, 0.4) is 0 Å². The Morgan fingerprint density at radius 2 is 1.78 bits per heavy atom. The van der Waals surface area contributed by atoms with Crippen LogP contribution >= 0.6 is 0 Å². The standard InChI is InChI=1S/C29H48O3/c1-7-19(17(2)3)14-25(31)18(4)22-8-9-23-27-24(11-13-29(22,23)6)28(5)12-10-21(30)15-20(28)16-26(27)32/h16-19,21-25,27,30-31H,7-15H2,1-6H3/t18-,19-,21-,22?,23?,24?,25+,27?,28-,29+/m0/s1. The number of carbonyl (C=O) groups excluding carboxylic acids is 1. The first-order valence-corrected chi connectivity index (χ1v) is 13.6. The van der Waals surface area contributed by atoms with Gasteiger partial charge < -0.3 is 10.2 Å². The Kier molecular flexibility index (Phi) is 6.75. The van der Waals surface area contributed by atoms with Crippen LogP contribution in [-0.4, -0.2) is 28.2 Å². The lowest BCUT2D eigenvalue weighted by Gasteiger charge is -2.57. The summed E-state index contributed by atoms with van der Waals surface area (Å²) in [6, 6.07) is 0. The van der Waals surface area contributed by atoms with Crippen LogP contribution in [0.1, 0.15) is 99.3 Å². The zero-order valence-electron chi connectivity index (χ0n) is 21.4. The molecule has 3 nitrogen and oxygen atoms in total. The molecule has 2 N–H and O–H groups in total. The molecular weight excluding hydrogens is 396 g/mol. The van der Waals surface area contributed by atoms with Crippen molar-refractivity contribution in [2.75, 3.05) is 0 Å². The molecule has 0 amide bonds. The van der Waals surface area contributed by atoms with Gasteiger partial charge in [-0.1, -0.05) is 53.5 Å². The Hall–Kier alpha value is -0.670. The van der Waals surface area contributed by atoms with Gasteiger partial charge >= 0.3 is 0 Å². The van der Waals surface area contributed by atoms with Crippen molar-refractivity contribution in [2.24, 2.45) is 52.3 Å². The molecule has 3 fully saturated rings. The van der Waals surface area contributed by atoms with Gasteiger partial charge in [-0.15, -0.1) is 0 Å². The summed E-state index contributed by atoms with van der Waals surface area (Å²) >= 11 is 0. The van der Waals surface area contributed by atoms with Crippen molar-refractivity contribution in [3.8, 4) is 0 Å². The zero-order valence-corrected chi connectivity index (χ0v) is 21.4. The largest absolute Gasteiger partial charge is 0.393 e. The molecule has 3 saturated carbocycles. The fraction of sp³-hybridized carbons (Fsp3) is 0.897. The predicted octanol–water partition coefficient (Wildman–Crippen LogP) is 6.17. The number of aliphatic hydroxyl groups excluding tert-OH is 2. The number of hydrogen-bond donors (Lipinski definition) is 2. The number of rotatable bonds is 6. The van der Waals surface area contributed by atoms with Gasteiger partial charge in [-0.2, -0.15) is 0 Å². The van der Waals surface area contributed by atoms with Gasteiger partial charge in [-0.25, -0.2) is 0 Å². The second kappa shape index (κ2) is 8.84. The van der Waals surface area contributed by atoms with E-state index in [-0.39, 0.29) is 29.0 Å². The SMILES string of the molecule is CC[C@@H](C[C@@H](O)[C@@H](C)C1CCC2C3C(=O)C=C4C[C@@H](O)CC[C@]4(C)C3CC[C@@]21C)C(C)C. The van der Waals surface area contributed by atoms with E-state index in [4.69, 9.17) is 0 Å². The third-order valence-corrected chi connectivity index (χ3v) is 11.2. The Morgan fingerprint density at radius 1 is 1.06 bits per heavy atom. The fourth-order valence-electron chi connectivity index (χ4n) is 8.99. The lowest BCUT2D eigenvalue weighted by molar-refractivity contribution is -0.135. The van der Waals surface area contributed by atoms with E-state index >= 15 is 0 Å². The van der Waals surface area contributed by atoms with Crippen molar-refractivity contribution in [3.63, 3.8) is 0 Å². The highest BCUT2D eigenvalue weighted by Gasteiger charge is 2.61. The molecule has 0 aromatic heterocycles. The molecule has 4 rings (SSSR count). The van der Waals surface area contributed by atoms with Crippen molar-refractivity contribution in [3.05, 3.63) is 11.6 Å². The highest BCUT2D eigenvalue weighted by atomic mass is 16.3. The van der Waals surface area contributed by atoms with E-state index < -0.39 is 0 Å². The molecule has 4 aliphatic carbocycles. The highest BCUT2D eigenvalue weighted by Crippen LogP contribution is 2.66. The maximum absolute atomic E-state index is 13.5. The number of aliphatic hydroxyl groups is 2. The van der Waals surface area contributed by atoms with Gasteiger partial charge in [-0.3, -0.25) is 4.79 Å². The summed E-state index contributed by atoms with van der Waals surface area (Å²) in [5.41, 5.74) is 1.48. The minimum Gasteiger partial charge on any atom is -0.393 e. The van der Waals surface area contributed by atoms with E-state index in [9.17, 15) is 15.0 Å². The van der Waals surface area contributed by atoms with Crippen molar-refractivity contribution in [1.29, 1.82) is 0 Å². The fourth-order valence-corrected chi connectivity index (χ4v) is 8.99. The second-order valence-electron chi connectivity index (χ2n) is 12.9. The molecule has 0 radical (unpaired) electrons. The maximum atomic E-state index is 13.5. The molecular formula is C29H48O3. The van der Waals surface area contributed by atoms with Crippen LogP contribution in [-0.2, 0) is 4.79 Å². The normalized spacial score (nSPS) is 44.3. The maximum Gasteiger partial charge on any atom is 0.159 e. The lowest BCUT2D eigenvalue weighted by atomic mass is 9.46. The van der Waals surface area contributed by atoms with Gasteiger partial charge in [-0.05, 0) is 104 Å². The van der Waals surface area contributed by atoms with Crippen molar-refractivity contribution in [2.45, 2.75) is 112 Å². The van der Waals surface area contributed by atoms with Crippen LogP contribution in [0.15, 0.2) is 11.6 Å². The molecule has 182 valence electrons. The van der Waals surface area contributed by atoms with Gasteiger partial charge in [0, 0.05) is 5.92 Å². The average molecular weight is 445 g/mol.